The fourth-order valence-corrected chi connectivity index (χ4v) is 2.39. The van der Waals surface area contributed by atoms with Gasteiger partial charge in [0.1, 0.15) is 10.8 Å². The lowest BCUT2D eigenvalue weighted by Gasteiger charge is -1.94. The van der Waals surface area contributed by atoms with Gasteiger partial charge < -0.3 is 9.15 Å². The van der Waals surface area contributed by atoms with Gasteiger partial charge in [-0.25, -0.2) is 0 Å². The van der Waals surface area contributed by atoms with E-state index in [2.05, 4.69) is 15.3 Å². The molecule has 0 N–H and O–H groups in total. The molecule has 0 fully saturated rings. The zero-order valence-electron chi connectivity index (χ0n) is 10.3. The van der Waals surface area contributed by atoms with Gasteiger partial charge in [0, 0.05) is 13.5 Å². The average Bonchev–Trinajstić information content (AvgIpc) is 3.11. The van der Waals surface area contributed by atoms with Crippen molar-refractivity contribution in [3.05, 3.63) is 35.0 Å². The molecule has 0 aliphatic rings. The molecule has 3 rings (SSSR count). The van der Waals surface area contributed by atoms with Crippen LogP contribution in [0.25, 0.3) is 17.1 Å². The minimum atomic E-state index is 0.607. The van der Waals surface area contributed by atoms with Crippen molar-refractivity contribution in [2.24, 2.45) is 0 Å². The number of methoxy groups -OCH3 is 1. The van der Waals surface area contributed by atoms with Crippen LogP contribution in [0.5, 0.6) is 0 Å². The summed E-state index contributed by atoms with van der Waals surface area (Å²) < 4.78 is 12.0. The van der Waals surface area contributed by atoms with Gasteiger partial charge in [-0.05, 0) is 24.3 Å². The Morgan fingerprint density at radius 3 is 3.16 bits per heavy atom. The second-order valence-corrected chi connectivity index (χ2v) is 4.83. The number of ether oxygens (including phenoxy) is 1. The fourth-order valence-electron chi connectivity index (χ4n) is 1.63. The van der Waals surface area contributed by atoms with Crippen molar-refractivity contribution in [3.63, 3.8) is 0 Å². The predicted octanol–water partition coefficient (Wildman–Crippen LogP) is 2.14. The Hall–Kier alpha value is -1.99. The first kappa shape index (κ1) is 12.1. The molecule has 0 saturated carbocycles. The van der Waals surface area contributed by atoms with Gasteiger partial charge in [-0.15, -0.1) is 10.2 Å². The molecule has 0 saturated heterocycles. The van der Waals surface area contributed by atoms with Gasteiger partial charge >= 0.3 is 0 Å². The van der Waals surface area contributed by atoms with E-state index in [1.807, 2.05) is 24.3 Å². The maximum absolute atomic E-state index is 5.23. The third-order valence-corrected chi connectivity index (χ3v) is 3.40. The summed E-state index contributed by atoms with van der Waals surface area (Å²) in [6.07, 6.45) is 6.11. The number of furan rings is 1. The summed E-state index contributed by atoms with van der Waals surface area (Å²) in [5.41, 5.74) is 0. The van der Waals surface area contributed by atoms with Crippen LogP contribution in [-0.4, -0.2) is 33.5 Å². The Kier molecular flexibility index (Phi) is 3.39. The van der Waals surface area contributed by atoms with Crippen molar-refractivity contribution in [2.75, 3.05) is 13.7 Å². The molecule has 0 aromatic carbocycles. The van der Waals surface area contributed by atoms with E-state index >= 15 is 0 Å². The molecule has 3 heterocycles. The van der Waals surface area contributed by atoms with Crippen molar-refractivity contribution < 1.29 is 9.15 Å². The second kappa shape index (κ2) is 5.33. The third-order valence-electron chi connectivity index (χ3n) is 2.53. The van der Waals surface area contributed by atoms with Crippen LogP contribution >= 0.6 is 11.3 Å². The Bertz CT molecular complexity index is 684. The average molecular weight is 276 g/mol. The number of aromatic nitrogens is 4. The van der Waals surface area contributed by atoms with Crippen molar-refractivity contribution in [2.45, 2.75) is 6.42 Å². The van der Waals surface area contributed by atoms with Crippen molar-refractivity contribution in [1.82, 2.24) is 19.8 Å². The van der Waals surface area contributed by atoms with E-state index in [4.69, 9.17) is 9.15 Å². The predicted molar refractivity (Wildman–Crippen MR) is 71.9 cm³/mol. The molecular weight excluding hydrogens is 264 g/mol. The van der Waals surface area contributed by atoms with E-state index in [9.17, 15) is 0 Å². The van der Waals surface area contributed by atoms with Crippen LogP contribution < -0.4 is 0 Å². The summed E-state index contributed by atoms with van der Waals surface area (Å²) in [7, 11) is 1.66. The molecule has 0 bridgehead atoms. The quantitative estimate of drug-likeness (QED) is 0.714. The van der Waals surface area contributed by atoms with Crippen LogP contribution in [0.15, 0.2) is 22.8 Å². The molecule has 0 aliphatic carbocycles. The van der Waals surface area contributed by atoms with Crippen LogP contribution in [0.3, 0.4) is 0 Å². The smallest absolute Gasteiger partial charge is 0.234 e. The normalized spacial score (nSPS) is 11.8. The van der Waals surface area contributed by atoms with E-state index in [0.29, 0.717) is 13.0 Å². The first-order valence-electron chi connectivity index (χ1n) is 5.78. The highest BCUT2D eigenvalue weighted by atomic mass is 32.1. The van der Waals surface area contributed by atoms with Gasteiger partial charge in [-0.3, -0.25) is 0 Å². The third kappa shape index (κ3) is 2.56. The van der Waals surface area contributed by atoms with Crippen molar-refractivity contribution in [3.8, 4) is 0 Å². The van der Waals surface area contributed by atoms with Gasteiger partial charge in [0.2, 0.25) is 4.96 Å². The minimum absolute atomic E-state index is 0.607. The largest absolute Gasteiger partial charge is 0.465 e. The highest BCUT2D eigenvalue weighted by molar-refractivity contribution is 7.17. The minimum Gasteiger partial charge on any atom is -0.465 e. The van der Waals surface area contributed by atoms with E-state index in [-0.39, 0.29) is 0 Å². The number of fused-ring (bicyclic) bond motifs is 1. The molecule has 6 nitrogen and oxygen atoms in total. The molecule has 3 aromatic heterocycles. The highest BCUT2D eigenvalue weighted by Crippen LogP contribution is 2.17. The summed E-state index contributed by atoms with van der Waals surface area (Å²) in [5, 5.41) is 13.5. The number of nitrogens with zero attached hydrogens (tertiary/aromatic N) is 4. The maximum Gasteiger partial charge on any atom is 0.234 e. The number of hydrogen-bond acceptors (Lipinski definition) is 6. The van der Waals surface area contributed by atoms with Gasteiger partial charge in [0.15, 0.2) is 5.82 Å². The van der Waals surface area contributed by atoms with Crippen LogP contribution in [0.1, 0.15) is 16.6 Å². The summed E-state index contributed by atoms with van der Waals surface area (Å²) in [4.78, 5) is 0.783. The van der Waals surface area contributed by atoms with Crippen LogP contribution in [0.4, 0.5) is 0 Å². The molecule has 0 radical (unpaired) electrons. The summed E-state index contributed by atoms with van der Waals surface area (Å²) in [6.45, 7) is 0.607. The van der Waals surface area contributed by atoms with E-state index in [1.54, 1.807) is 17.9 Å². The summed E-state index contributed by atoms with van der Waals surface area (Å²) in [6, 6.07) is 3.74. The monoisotopic (exact) mass is 276 g/mol. The Morgan fingerprint density at radius 2 is 2.37 bits per heavy atom. The molecule has 19 heavy (non-hydrogen) atoms. The molecule has 0 aliphatic heterocycles. The Morgan fingerprint density at radius 1 is 1.42 bits per heavy atom. The standard InChI is InChI=1S/C12H12N4O2S/c1-17-8-6-10-13-14-12-16(10)15-11(19-12)5-4-9-3-2-7-18-9/h2-5,7H,6,8H2,1H3/b5-4+. The van der Waals surface area contributed by atoms with Crippen LogP contribution in [0, 0.1) is 0 Å². The summed E-state index contributed by atoms with van der Waals surface area (Å²) in [5.74, 6) is 1.61. The zero-order chi connectivity index (χ0) is 13.1. The second-order valence-electron chi connectivity index (χ2n) is 3.84. The zero-order valence-corrected chi connectivity index (χ0v) is 11.1. The molecule has 98 valence electrons. The van der Waals surface area contributed by atoms with Crippen molar-refractivity contribution >= 4 is 28.4 Å². The van der Waals surface area contributed by atoms with Gasteiger partial charge in [0.05, 0.1) is 12.9 Å². The first-order valence-corrected chi connectivity index (χ1v) is 6.60. The molecule has 3 aromatic rings. The Labute approximate surface area is 113 Å². The Balaban J connectivity index is 1.83. The maximum atomic E-state index is 5.23. The lowest BCUT2D eigenvalue weighted by molar-refractivity contribution is 0.200. The summed E-state index contributed by atoms with van der Waals surface area (Å²) >= 11 is 1.48. The topological polar surface area (TPSA) is 65.5 Å². The highest BCUT2D eigenvalue weighted by Gasteiger charge is 2.09. The van der Waals surface area contributed by atoms with E-state index in [1.165, 1.54) is 11.3 Å². The molecule has 0 amide bonds. The van der Waals surface area contributed by atoms with Crippen LogP contribution in [-0.2, 0) is 11.2 Å². The molecular formula is C12H12N4O2S. The van der Waals surface area contributed by atoms with Gasteiger partial charge in [-0.1, -0.05) is 11.3 Å². The fraction of sp³-hybridized carbons (Fsp3) is 0.250. The molecule has 0 atom stereocenters. The molecule has 7 heteroatoms. The number of rotatable bonds is 5. The van der Waals surface area contributed by atoms with Gasteiger partial charge in [-0.2, -0.15) is 9.61 Å². The van der Waals surface area contributed by atoms with Crippen LogP contribution in [0.2, 0.25) is 0 Å². The molecule has 0 spiro atoms. The van der Waals surface area contributed by atoms with Crippen molar-refractivity contribution in [1.29, 1.82) is 0 Å². The molecule has 0 unspecified atom stereocenters. The lowest BCUT2D eigenvalue weighted by atomic mass is 10.4. The first-order chi connectivity index (χ1) is 9.36. The number of hydrogen-bond donors (Lipinski definition) is 0. The van der Waals surface area contributed by atoms with E-state index in [0.717, 1.165) is 21.6 Å². The van der Waals surface area contributed by atoms with E-state index < -0.39 is 0 Å². The lowest BCUT2D eigenvalue weighted by Crippen LogP contribution is -2.01. The van der Waals surface area contributed by atoms with Gasteiger partial charge in [0.25, 0.3) is 0 Å². The SMILES string of the molecule is COCCc1nnc2sc(/C=C/c3ccco3)nn12.